The van der Waals surface area contributed by atoms with Crippen LogP contribution >= 0.6 is 0 Å². The fourth-order valence-corrected chi connectivity index (χ4v) is 2.07. The van der Waals surface area contributed by atoms with E-state index in [0.717, 1.165) is 6.42 Å². The number of hydrogen-bond acceptors (Lipinski definition) is 3. The topological polar surface area (TPSA) is 50.4 Å². The van der Waals surface area contributed by atoms with Crippen LogP contribution in [0.5, 0.6) is 0 Å². The van der Waals surface area contributed by atoms with Crippen LogP contribution in [0.15, 0.2) is 0 Å². The summed E-state index contributed by atoms with van der Waals surface area (Å²) in [5.74, 6) is 0.0707. The van der Waals surface area contributed by atoms with Crippen molar-refractivity contribution >= 4 is 5.91 Å². The summed E-state index contributed by atoms with van der Waals surface area (Å²) in [5, 5.41) is 6.15. The number of hydrogen-bond donors (Lipinski definition) is 2. The molecular weight excluding hydrogens is 204 g/mol. The maximum atomic E-state index is 11.6. The Morgan fingerprint density at radius 2 is 2.12 bits per heavy atom. The highest BCUT2D eigenvalue weighted by atomic mass is 16.5. The third-order valence-electron chi connectivity index (χ3n) is 3.47. The van der Waals surface area contributed by atoms with Gasteiger partial charge in [-0.25, -0.2) is 0 Å². The second-order valence-corrected chi connectivity index (χ2v) is 5.44. The second-order valence-electron chi connectivity index (χ2n) is 5.44. The highest BCUT2D eigenvalue weighted by Gasteiger charge is 2.49. The summed E-state index contributed by atoms with van der Waals surface area (Å²) in [6.45, 7) is 8.71. The zero-order valence-electron chi connectivity index (χ0n) is 11.0. The first-order chi connectivity index (χ1) is 7.37. The first-order valence-electron chi connectivity index (χ1n) is 5.93. The van der Waals surface area contributed by atoms with Crippen LogP contribution in [-0.2, 0) is 9.53 Å². The zero-order chi connectivity index (χ0) is 12.3. The number of carbonyl (C=O) groups is 1. The van der Waals surface area contributed by atoms with Crippen molar-refractivity contribution in [3.8, 4) is 0 Å². The van der Waals surface area contributed by atoms with Crippen molar-refractivity contribution in [2.24, 2.45) is 5.41 Å². The number of nitrogens with one attached hydrogen (secondary N) is 2. The lowest BCUT2D eigenvalue weighted by atomic mass is 9.64. The smallest absolute Gasteiger partial charge is 0.234 e. The molecule has 0 radical (unpaired) electrons. The van der Waals surface area contributed by atoms with Crippen molar-refractivity contribution in [1.82, 2.24) is 10.6 Å². The van der Waals surface area contributed by atoms with E-state index >= 15 is 0 Å². The SMILES string of the molecule is COC1CC(NC(=O)CNC(C)C)C1(C)C. The molecule has 0 aliphatic heterocycles. The largest absolute Gasteiger partial charge is 0.381 e. The van der Waals surface area contributed by atoms with E-state index in [-0.39, 0.29) is 23.5 Å². The van der Waals surface area contributed by atoms with Gasteiger partial charge in [0.05, 0.1) is 12.6 Å². The molecule has 0 heterocycles. The summed E-state index contributed by atoms with van der Waals surface area (Å²) < 4.78 is 5.34. The minimum atomic E-state index is 0.0439. The average Bonchev–Trinajstić information content (AvgIpc) is 2.20. The summed E-state index contributed by atoms with van der Waals surface area (Å²) in [5.41, 5.74) is 0.0439. The fourth-order valence-electron chi connectivity index (χ4n) is 2.07. The van der Waals surface area contributed by atoms with Crippen LogP contribution in [0, 0.1) is 5.41 Å². The molecule has 1 amide bonds. The highest BCUT2D eigenvalue weighted by molar-refractivity contribution is 5.78. The van der Waals surface area contributed by atoms with E-state index in [4.69, 9.17) is 4.74 Å². The van der Waals surface area contributed by atoms with Gasteiger partial charge in [0, 0.05) is 24.6 Å². The lowest BCUT2D eigenvalue weighted by Crippen LogP contribution is -2.62. The molecule has 0 bridgehead atoms. The highest BCUT2D eigenvalue weighted by Crippen LogP contribution is 2.42. The van der Waals surface area contributed by atoms with E-state index in [1.54, 1.807) is 7.11 Å². The minimum absolute atomic E-state index is 0.0439. The van der Waals surface area contributed by atoms with Crippen molar-refractivity contribution in [2.75, 3.05) is 13.7 Å². The quantitative estimate of drug-likeness (QED) is 0.735. The van der Waals surface area contributed by atoms with Crippen molar-refractivity contribution in [2.45, 2.75) is 52.3 Å². The minimum Gasteiger partial charge on any atom is -0.381 e. The molecule has 0 aromatic heterocycles. The molecule has 2 N–H and O–H groups in total. The van der Waals surface area contributed by atoms with Crippen LogP contribution in [0.25, 0.3) is 0 Å². The van der Waals surface area contributed by atoms with Gasteiger partial charge in [-0.15, -0.1) is 0 Å². The van der Waals surface area contributed by atoms with E-state index in [1.165, 1.54) is 0 Å². The molecule has 1 saturated carbocycles. The summed E-state index contributed by atoms with van der Waals surface area (Å²) in [6, 6.07) is 0.575. The number of amides is 1. The van der Waals surface area contributed by atoms with E-state index in [9.17, 15) is 4.79 Å². The number of ether oxygens (including phenoxy) is 1. The van der Waals surface area contributed by atoms with E-state index in [0.29, 0.717) is 12.6 Å². The van der Waals surface area contributed by atoms with Gasteiger partial charge in [0.1, 0.15) is 0 Å². The maximum absolute atomic E-state index is 11.6. The van der Waals surface area contributed by atoms with Crippen molar-refractivity contribution in [3.63, 3.8) is 0 Å². The van der Waals surface area contributed by atoms with Gasteiger partial charge in [0.15, 0.2) is 0 Å². The third kappa shape index (κ3) is 2.95. The predicted molar refractivity (Wildman–Crippen MR) is 64.3 cm³/mol. The van der Waals surface area contributed by atoms with Gasteiger partial charge < -0.3 is 15.4 Å². The Bertz CT molecular complexity index is 251. The monoisotopic (exact) mass is 228 g/mol. The molecule has 4 heteroatoms. The van der Waals surface area contributed by atoms with Gasteiger partial charge in [-0.3, -0.25) is 4.79 Å². The van der Waals surface area contributed by atoms with Crippen molar-refractivity contribution < 1.29 is 9.53 Å². The molecule has 1 aliphatic carbocycles. The Morgan fingerprint density at radius 1 is 1.50 bits per heavy atom. The Balaban J connectivity index is 2.31. The second kappa shape index (κ2) is 5.15. The Morgan fingerprint density at radius 3 is 2.56 bits per heavy atom. The lowest BCUT2D eigenvalue weighted by Gasteiger charge is -2.51. The van der Waals surface area contributed by atoms with E-state index < -0.39 is 0 Å². The first kappa shape index (κ1) is 13.5. The summed E-state index contributed by atoms with van der Waals surface area (Å²) in [4.78, 5) is 11.6. The molecule has 0 spiro atoms. The van der Waals surface area contributed by atoms with Crippen LogP contribution in [0.4, 0.5) is 0 Å². The maximum Gasteiger partial charge on any atom is 0.234 e. The number of carbonyl (C=O) groups excluding carboxylic acids is 1. The molecule has 94 valence electrons. The number of rotatable bonds is 5. The van der Waals surface area contributed by atoms with Gasteiger partial charge in [0.25, 0.3) is 0 Å². The molecular formula is C12H24N2O2. The molecule has 16 heavy (non-hydrogen) atoms. The Kier molecular flexibility index (Phi) is 4.33. The molecule has 0 saturated heterocycles. The predicted octanol–water partition coefficient (Wildman–Crippen LogP) is 0.914. The van der Waals surface area contributed by atoms with Crippen LogP contribution in [-0.4, -0.2) is 37.7 Å². The summed E-state index contributed by atoms with van der Waals surface area (Å²) in [7, 11) is 1.73. The average molecular weight is 228 g/mol. The lowest BCUT2D eigenvalue weighted by molar-refractivity contribution is -0.132. The summed E-state index contributed by atoms with van der Waals surface area (Å²) >= 11 is 0. The molecule has 0 aromatic rings. The third-order valence-corrected chi connectivity index (χ3v) is 3.47. The van der Waals surface area contributed by atoms with Gasteiger partial charge in [0.2, 0.25) is 5.91 Å². The molecule has 2 unspecified atom stereocenters. The molecule has 4 nitrogen and oxygen atoms in total. The van der Waals surface area contributed by atoms with Gasteiger partial charge >= 0.3 is 0 Å². The van der Waals surface area contributed by atoms with Crippen LogP contribution in [0.2, 0.25) is 0 Å². The van der Waals surface area contributed by atoms with Gasteiger partial charge in [-0.2, -0.15) is 0 Å². The fraction of sp³-hybridized carbons (Fsp3) is 0.917. The van der Waals surface area contributed by atoms with Crippen LogP contribution < -0.4 is 10.6 Å². The molecule has 0 aromatic carbocycles. The Hall–Kier alpha value is -0.610. The van der Waals surface area contributed by atoms with E-state index in [2.05, 4.69) is 24.5 Å². The zero-order valence-corrected chi connectivity index (χ0v) is 11.0. The van der Waals surface area contributed by atoms with Crippen LogP contribution in [0.3, 0.4) is 0 Å². The van der Waals surface area contributed by atoms with Gasteiger partial charge in [-0.1, -0.05) is 27.7 Å². The molecule has 1 fully saturated rings. The molecule has 1 aliphatic rings. The first-order valence-corrected chi connectivity index (χ1v) is 5.93. The molecule has 2 atom stereocenters. The Labute approximate surface area is 98.1 Å². The normalized spacial score (nSPS) is 27.6. The van der Waals surface area contributed by atoms with Crippen LogP contribution in [0.1, 0.15) is 34.1 Å². The van der Waals surface area contributed by atoms with Crippen molar-refractivity contribution in [1.29, 1.82) is 0 Å². The summed E-state index contributed by atoms with van der Waals surface area (Å²) in [6.07, 6.45) is 1.17. The number of methoxy groups -OCH3 is 1. The van der Waals surface area contributed by atoms with Crippen molar-refractivity contribution in [3.05, 3.63) is 0 Å². The molecule has 1 rings (SSSR count). The standard InChI is InChI=1S/C12H24N2O2/c1-8(2)13-7-11(15)14-9-6-10(16-5)12(9,3)4/h8-10,13H,6-7H2,1-5H3,(H,14,15). The van der Waals surface area contributed by atoms with E-state index in [1.807, 2.05) is 13.8 Å². The van der Waals surface area contributed by atoms with Gasteiger partial charge in [-0.05, 0) is 6.42 Å².